The summed E-state index contributed by atoms with van der Waals surface area (Å²) in [6.45, 7) is 3.28. The van der Waals surface area contributed by atoms with Crippen molar-refractivity contribution in [2.45, 2.75) is 0 Å². The molecule has 1 aliphatic rings. The van der Waals surface area contributed by atoms with E-state index in [0.29, 0.717) is 5.95 Å². The number of likely N-dealkylation sites (N-methyl/N-ethyl adjacent to an activating group) is 1. The van der Waals surface area contributed by atoms with Gasteiger partial charge in [0.15, 0.2) is 0 Å². The van der Waals surface area contributed by atoms with Gasteiger partial charge in [0.05, 0.1) is 7.11 Å². The molecule has 0 saturated carbocycles. The van der Waals surface area contributed by atoms with Gasteiger partial charge in [-0.25, -0.2) is 14.8 Å². The number of piperazine rings is 1. The molecule has 160 valence electrons. The molecule has 1 aromatic heterocycles. The fourth-order valence-corrected chi connectivity index (χ4v) is 3.30. The van der Waals surface area contributed by atoms with Gasteiger partial charge in [-0.1, -0.05) is 12.1 Å². The Balaban J connectivity index is 1.33. The quantitative estimate of drug-likeness (QED) is 0.658. The summed E-state index contributed by atoms with van der Waals surface area (Å²) in [5, 5.41) is 6.13. The number of hydrogen-bond acceptors (Lipinski definition) is 6. The van der Waals surface area contributed by atoms with Gasteiger partial charge in [-0.3, -0.25) is 0 Å². The number of nitrogens with zero attached hydrogens (tertiary/aromatic N) is 4. The third-order valence-electron chi connectivity index (χ3n) is 5.26. The molecular formula is C23H26N6O2. The number of urea groups is 1. The number of rotatable bonds is 5. The third-order valence-corrected chi connectivity index (χ3v) is 5.26. The number of methoxy groups -OCH3 is 1. The van der Waals surface area contributed by atoms with E-state index in [4.69, 9.17) is 4.74 Å². The second kappa shape index (κ2) is 9.44. The van der Waals surface area contributed by atoms with E-state index in [2.05, 4.69) is 32.5 Å². The van der Waals surface area contributed by atoms with Gasteiger partial charge >= 0.3 is 6.03 Å². The van der Waals surface area contributed by atoms with Crippen LogP contribution in [-0.2, 0) is 0 Å². The number of amides is 2. The largest absolute Gasteiger partial charge is 0.497 e. The van der Waals surface area contributed by atoms with Crippen molar-refractivity contribution in [3.8, 4) is 16.9 Å². The summed E-state index contributed by atoms with van der Waals surface area (Å²) in [6, 6.07) is 15.2. The highest BCUT2D eigenvalue weighted by Gasteiger charge is 2.18. The normalized spacial score (nSPS) is 14.2. The van der Waals surface area contributed by atoms with Gasteiger partial charge in [0, 0.05) is 55.5 Å². The van der Waals surface area contributed by atoms with E-state index in [9.17, 15) is 4.79 Å². The lowest BCUT2D eigenvalue weighted by atomic mass is 10.1. The van der Waals surface area contributed by atoms with E-state index in [0.717, 1.165) is 54.4 Å². The topological polar surface area (TPSA) is 82.6 Å². The SMILES string of the molecule is COc1ccc(-c2cnc(Nc3ccc(NC(=O)N4CCN(C)CC4)cc3)nc2)cc1. The molecule has 0 atom stereocenters. The summed E-state index contributed by atoms with van der Waals surface area (Å²) in [5.74, 6) is 1.32. The molecule has 2 heterocycles. The molecule has 3 aromatic rings. The smallest absolute Gasteiger partial charge is 0.321 e. The van der Waals surface area contributed by atoms with Crippen LogP contribution in [0.2, 0.25) is 0 Å². The van der Waals surface area contributed by atoms with E-state index in [-0.39, 0.29) is 6.03 Å². The lowest BCUT2D eigenvalue weighted by Crippen LogP contribution is -2.48. The molecular weight excluding hydrogens is 392 g/mol. The van der Waals surface area contributed by atoms with Gasteiger partial charge < -0.3 is 25.2 Å². The van der Waals surface area contributed by atoms with Crippen molar-refractivity contribution < 1.29 is 9.53 Å². The molecule has 1 fully saturated rings. The maximum atomic E-state index is 12.4. The van der Waals surface area contributed by atoms with Crippen LogP contribution in [0.15, 0.2) is 60.9 Å². The second-order valence-corrected chi connectivity index (χ2v) is 7.45. The van der Waals surface area contributed by atoms with Crippen LogP contribution in [0, 0.1) is 0 Å². The van der Waals surface area contributed by atoms with Crippen LogP contribution in [0.4, 0.5) is 22.1 Å². The molecule has 2 aromatic carbocycles. The zero-order valence-corrected chi connectivity index (χ0v) is 17.7. The summed E-state index contributed by atoms with van der Waals surface area (Å²) in [4.78, 5) is 25.2. The van der Waals surface area contributed by atoms with Gasteiger partial charge in [0.1, 0.15) is 5.75 Å². The summed E-state index contributed by atoms with van der Waals surface area (Å²) in [5.41, 5.74) is 3.54. The fourth-order valence-electron chi connectivity index (χ4n) is 3.30. The average molecular weight is 419 g/mol. The van der Waals surface area contributed by atoms with Crippen molar-refractivity contribution in [1.29, 1.82) is 0 Å². The number of carbonyl (C=O) groups excluding carboxylic acids is 1. The molecule has 1 saturated heterocycles. The molecule has 31 heavy (non-hydrogen) atoms. The molecule has 8 heteroatoms. The highest BCUT2D eigenvalue weighted by Crippen LogP contribution is 2.22. The van der Waals surface area contributed by atoms with Crippen molar-refractivity contribution in [2.24, 2.45) is 0 Å². The van der Waals surface area contributed by atoms with E-state index in [1.807, 2.05) is 53.4 Å². The van der Waals surface area contributed by atoms with Crippen LogP contribution in [-0.4, -0.2) is 66.1 Å². The summed E-state index contributed by atoms with van der Waals surface area (Å²) < 4.78 is 5.19. The van der Waals surface area contributed by atoms with Gasteiger partial charge in [-0.15, -0.1) is 0 Å². The van der Waals surface area contributed by atoms with Gasteiger partial charge in [0.25, 0.3) is 0 Å². The molecule has 0 radical (unpaired) electrons. The first-order valence-corrected chi connectivity index (χ1v) is 10.2. The monoisotopic (exact) mass is 418 g/mol. The highest BCUT2D eigenvalue weighted by molar-refractivity contribution is 5.89. The number of benzene rings is 2. The van der Waals surface area contributed by atoms with Crippen molar-refractivity contribution >= 4 is 23.4 Å². The maximum absolute atomic E-state index is 12.4. The molecule has 2 N–H and O–H groups in total. The Bertz CT molecular complexity index is 998. The Morgan fingerprint density at radius 1 is 0.871 bits per heavy atom. The van der Waals surface area contributed by atoms with Crippen molar-refractivity contribution in [3.05, 3.63) is 60.9 Å². The van der Waals surface area contributed by atoms with Crippen LogP contribution in [0.5, 0.6) is 5.75 Å². The number of carbonyl (C=O) groups is 1. The van der Waals surface area contributed by atoms with E-state index in [1.54, 1.807) is 19.5 Å². The lowest BCUT2D eigenvalue weighted by Gasteiger charge is -2.32. The molecule has 8 nitrogen and oxygen atoms in total. The third kappa shape index (κ3) is 5.29. The van der Waals surface area contributed by atoms with Crippen LogP contribution in [0.25, 0.3) is 11.1 Å². The second-order valence-electron chi connectivity index (χ2n) is 7.45. The first kappa shape index (κ1) is 20.6. The number of nitrogens with one attached hydrogen (secondary N) is 2. The van der Waals surface area contributed by atoms with Crippen LogP contribution < -0.4 is 15.4 Å². The number of ether oxygens (including phenoxy) is 1. The Hall–Kier alpha value is -3.65. The summed E-state index contributed by atoms with van der Waals surface area (Å²) >= 11 is 0. The minimum atomic E-state index is -0.0636. The molecule has 1 aliphatic heterocycles. The maximum Gasteiger partial charge on any atom is 0.321 e. The molecule has 0 bridgehead atoms. The van der Waals surface area contributed by atoms with Gasteiger partial charge in [0.2, 0.25) is 5.95 Å². The number of anilines is 3. The number of aromatic nitrogens is 2. The van der Waals surface area contributed by atoms with Crippen molar-refractivity contribution in [3.63, 3.8) is 0 Å². The predicted molar refractivity (Wildman–Crippen MR) is 122 cm³/mol. The minimum Gasteiger partial charge on any atom is -0.497 e. The summed E-state index contributed by atoms with van der Waals surface area (Å²) in [7, 11) is 3.71. The Morgan fingerprint density at radius 2 is 1.48 bits per heavy atom. The Kier molecular flexibility index (Phi) is 6.28. The first-order chi connectivity index (χ1) is 15.1. The number of hydrogen-bond donors (Lipinski definition) is 2. The standard InChI is InChI=1S/C23H26N6O2/c1-28-11-13-29(14-12-28)23(30)27-20-7-5-19(6-8-20)26-22-24-15-18(16-25-22)17-3-9-21(31-2)10-4-17/h3-10,15-16H,11-14H2,1-2H3,(H,27,30)(H,24,25,26). The zero-order chi connectivity index (χ0) is 21.6. The highest BCUT2D eigenvalue weighted by atomic mass is 16.5. The zero-order valence-electron chi connectivity index (χ0n) is 17.7. The predicted octanol–water partition coefficient (Wildman–Crippen LogP) is 3.68. The molecule has 4 rings (SSSR count). The van der Waals surface area contributed by atoms with E-state index < -0.39 is 0 Å². The molecule has 0 unspecified atom stereocenters. The van der Waals surface area contributed by atoms with Gasteiger partial charge in [-0.2, -0.15) is 0 Å². The van der Waals surface area contributed by atoms with Crippen LogP contribution in [0.3, 0.4) is 0 Å². The molecule has 0 spiro atoms. The van der Waals surface area contributed by atoms with E-state index in [1.165, 1.54) is 0 Å². The molecule has 2 amide bonds. The van der Waals surface area contributed by atoms with Crippen LogP contribution in [0.1, 0.15) is 0 Å². The van der Waals surface area contributed by atoms with Crippen molar-refractivity contribution in [2.75, 3.05) is 51.0 Å². The minimum absolute atomic E-state index is 0.0636. The molecule has 0 aliphatic carbocycles. The van der Waals surface area contributed by atoms with Crippen molar-refractivity contribution in [1.82, 2.24) is 19.8 Å². The fraction of sp³-hybridized carbons (Fsp3) is 0.261. The Morgan fingerprint density at radius 3 is 2.10 bits per heavy atom. The first-order valence-electron chi connectivity index (χ1n) is 10.2. The van der Waals surface area contributed by atoms with E-state index >= 15 is 0 Å². The average Bonchev–Trinajstić information content (AvgIpc) is 2.81. The Labute approximate surface area is 181 Å². The summed E-state index contributed by atoms with van der Waals surface area (Å²) in [6.07, 6.45) is 3.56. The lowest BCUT2D eigenvalue weighted by molar-refractivity contribution is 0.164. The van der Waals surface area contributed by atoms with Gasteiger partial charge in [-0.05, 0) is 49.0 Å². The van der Waals surface area contributed by atoms with Crippen LogP contribution >= 0.6 is 0 Å².